The molecule has 0 aromatic heterocycles. The number of hydrogen-bond acceptors (Lipinski definition) is 8. The lowest BCUT2D eigenvalue weighted by atomic mass is 10.1. The maximum absolute atomic E-state index is 12.3. The van der Waals surface area contributed by atoms with Crippen LogP contribution in [0.4, 0.5) is 0 Å². The summed E-state index contributed by atoms with van der Waals surface area (Å²) in [6, 6.07) is -1.57. The molecule has 3 atom stereocenters. The van der Waals surface area contributed by atoms with E-state index in [1.54, 1.807) is 0 Å². The highest BCUT2D eigenvalue weighted by Crippen LogP contribution is 2.43. The van der Waals surface area contributed by atoms with E-state index in [2.05, 4.69) is 92.1 Å². The first-order chi connectivity index (χ1) is 30.1. The van der Waals surface area contributed by atoms with E-state index in [4.69, 9.17) is 13.8 Å². The van der Waals surface area contributed by atoms with E-state index in [0.29, 0.717) is 12.8 Å². The summed E-state index contributed by atoms with van der Waals surface area (Å²) in [5, 5.41) is 21.9. The number of hydrogen-bond donors (Lipinski definition) is 4. The van der Waals surface area contributed by atoms with Gasteiger partial charge in [-0.15, -0.1) is 0 Å². The molecule has 0 aromatic rings. The standard InChI is InChI=1S/C50H86NO10P/c1-3-5-7-9-11-13-15-17-19-21-23-25-27-29-31-33-35-37-39-41-48(53)51-47(50(55)56)45-61-62(57,58)60-44-46(52)43-59-49(54)42-40-38-36-34-32-30-28-26-24-22-20-18-16-14-12-10-8-6-4-2/h5,7,11,13,17-20,23,25,29,31,46-47,52H,3-4,6,8-10,12,14-16,21-22,24,26-28,30,32-45H2,1-2H3,(H,51,53)(H,55,56)(H,57,58)/b7-5-,13-11-,19-17-,20-18+,25-23-,31-29-. The number of rotatable bonds is 44. The van der Waals surface area contributed by atoms with Crippen molar-refractivity contribution < 1.29 is 47.8 Å². The van der Waals surface area contributed by atoms with Crippen LogP contribution in [0.2, 0.25) is 0 Å². The SMILES string of the molecule is CC/C=C\C/C=C\C/C=C\C/C=C\C/C=C\CCCCCC(=O)NC(COP(=O)(O)OCC(O)COC(=O)CCCCCCCCCCC/C=C/CCCCCCCC)C(=O)O. The molecule has 0 bridgehead atoms. The fraction of sp³-hybridized carbons (Fsp3) is 0.700. The average molecular weight is 892 g/mol. The fourth-order valence-electron chi connectivity index (χ4n) is 6.28. The van der Waals surface area contributed by atoms with Gasteiger partial charge in [0.2, 0.25) is 5.91 Å². The molecule has 0 rings (SSSR count). The van der Waals surface area contributed by atoms with E-state index in [0.717, 1.165) is 70.6 Å². The van der Waals surface area contributed by atoms with Gasteiger partial charge in [0.25, 0.3) is 0 Å². The van der Waals surface area contributed by atoms with Gasteiger partial charge in [-0.25, -0.2) is 9.36 Å². The van der Waals surface area contributed by atoms with Gasteiger partial charge in [-0.3, -0.25) is 18.6 Å². The summed E-state index contributed by atoms with van der Waals surface area (Å²) in [6.45, 7) is 2.46. The Hall–Kier alpha value is -3.08. The zero-order chi connectivity index (χ0) is 45.6. The molecule has 3 unspecified atom stereocenters. The van der Waals surface area contributed by atoms with Crippen molar-refractivity contribution in [3.8, 4) is 0 Å². The van der Waals surface area contributed by atoms with Crippen LogP contribution in [-0.4, -0.2) is 64.9 Å². The Morgan fingerprint density at radius 1 is 0.532 bits per heavy atom. The van der Waals surface area contributed by atoms with Gasteiger partial charge in [0, 0.05) is 12.8 Å². The second-order valence-electron chi connectivity index (χ2n) is 15.9. The molecule has 0 aliphatic heterocycles. The van der Waals surface area contributed by atoms with Gasteiger partial charge in [-0.1, -0.05) is 170 Å². The number of carbonyl (C=O) groups excluding carboxylic acids is 2. The normalized spacial score (nSPS) is 14.3. The minimum Gasteiger partial charge on any atom is -0.480 e. The predicted octanol–water partition coefficient (Wildman–Crippen LogP) is 12.9. The van der Waals surface area contributed by atoms with E-state index < -0.39 is 57.6 Å². The van der Waals surface area contributed by atoms with Crippen LogP contribution in [0.3, 0.4) is 0 Å². The summed E-state index contributed by atoms with van der Waals surface area (Å²) in [5.41, 5.74) is 0. The van der Waals surface area contributed by atoms with Crippen LogP contribution in [0.5, 0.6) is 0 Å². The molecule has 0 radical (unpaired) electrons. The first-order valence-electron chi connectivity index (χ1n) is 24.0. The maximum Gasteiger partial charge on any atom is 0.472 e. The minimum absolute atomic E-state index is 0.103. The van der Waals surface area contributed by atoms with E-state index in [-0.39, 0.29) is 12.8 Å². The van der Waals surface area contributed by atoms with Gasteiger partial charge in [0.1, 0.15) is 12.7 Å². The lowest BCUT2D eigenvalue weighted by molar-refractivity contribution is -0.147. The smallest absolute Gasteiger partial charge is 0.472 e. The van der Waals surface area contributed by atoms with Crippen molar-refractivity contribution in [2.75, 3.05) is 19.8 Å². The lowest BCUT2D eigenvalue weighted by Gasteiger charge is -2.18. The van der Waals surface area contributed by atoms with E-state index in [9.17, 15) is 34.1 Å². The van der Waals surface area contributed by atoms with Gasteiger partial charge in [-0.05, 0) is 83.5 Å². The Labute approximate surface area is 376 Å². The van der Waals surface area contributed by atoms with Crippen LogP contribution in [0, 0.1) is 0 Å². The number of aliphatic carboxylic acids is 1. The molecular weight excluding hydrogens is 806 g/mol. The molecule has 0 fully saturated rings. The Kier molecular flexibility index (Phi) is 42.3. The zero-order valence-corrected chi connectivity index (χ0v) is 39.5. The number of esters is 1. The molecule has 4 N–H and O–H groups in total. The van der Waals surface area contributed by atoms with Crippen LogP contribution in [0.1, 0.15) is 194 Å². The quantitative estimate of drug-likeness (QED) is 0.0200. The first kappa shape index (κ1) is 58.9. The van der Waals surface area contributed by atoms with Gasteiger partial charge >= 0.3 is 19.8 Å². The summed E-state index contributed by atoms with van der Waals surface area (Å²) in [4.78, 5) is 46.0. The number of carbonyl (C=O) groups is 3. The van der Waals surface area contributed by atoms with E-state index in [1.165, 1.54) is 83.5 Å². The van der Waals surface area contributed by atoms with Gasteiger partial charge < -0.3 is 25.2 Å². The number of carboxylic acid groups (broad SMARTS) is 1. The Balaban J connectivity index is 3.92. The predicted molar refractivity (Wildman–Crippen MR) is 254 cm³/mol. The number of aliphatic hydroxyl groups is 1. The number of carboxylic acids is 1. The summed E-state index contributed by atoms with van der Waals surface area (Å²) in [5.74, 6) is -2.43. The van der Waals surface area contributed by atoms with Crippen molar-refractivity contribution in [1.82, 2.24) is 5.32 Å². The number of phosphoric ester groups is 1. The zero-order valence-electron chi connectivity index (χ0n) is 38.6. The number of aliphatic hydroxyl groups excluding tert-OH is 1. The Morgan fingerprint density at radius 3 is 1.44 bits per heavy atom. The van der Waals surface area contributed by atoms with E-state index >= 15 is 0 Å². The highest BCUT2D eigenvalue weighted by atomic mass is 31.2. The van der Waals surface area contributed by atoms with Crippen molar-refractivity contribution in [2.24, 2.45) is 0 Å². The average Bonchev–Trinajstić information content (AvgIpc) is 3.25. The monoisotopic (exact) mass is 892 g/mol. The number of unbranched alkanes of at least 4 members (excludes halogenated alkanes) is 18. The molecule has 356 valence electrons. The van der Waals surface area contributed by atoms with Crippen molar-refractivity contribution in [3.05, 3.63) is 72.9 Å². The highest BCUT2D eigenvalue weighted by Gasteiger charge is 2.28. The topological polar surface area (TPSA) is 169 Å². The molecule has 0 heterocycles. The molecule has 0 saturated heterocycles. The van der Waals surface area contributed by atoms with Gasteiger partial charge in [0.05, 0.1) is 13.2 Å². The second-order valence-corrected chi connectivity index (χ2v) is 17.4. The second kappa shape index (κ2) is 44.5. The van der Waals surface area contributed by atoms with E-state index in [1.807, 2.05) is 0 Å². The Morgan fingerprint density at radius 2 is 0.935 bits per heavy atom. The number of ether oxygens (including phenoxy) is 1. The largest absolute Gasteiger partial charge is 0.480 e. The van der Waals surface area contributed by atoms with Crippen LogP contribution in [0.25, 0.3) is 0 Å². The van der Waals surface area contributed by atoms with Crippen LogP contribution >= 0.6 is 7.82 Å². The van der Waals surface area contributed by atoms with Crippen molar-refractivity contribution in [3.63, 3.8) is 0 Å². The molecule has 62 heavy (non-hydrogen) atoms. The number of phosphoric acid groups is 1. The number of nitrogens with one attached hydrogen (secondary N) is 1. The van der Waals surface area contributed by atoms with Crippen LogP contribution in [0.15, 0.2) is 72.9 Å². The third-order valence-corrected chi connectivity index (χ3v) is 10.9. The number of amides is 1. The van der Waals surface area contributed by atoms with Crippen LogP contribution in [-0.2, 0) is 32.7 Å². The summed E-state index contributed by atoms with van der Waals surface area (Å²) >= 11 is 0. The maximum atomic E-state index is 12.3. The third-order valence-electron chi connectivity index (χ3n) is 9.98. The molecule has 12 heteroatoms. The molecule has 11 nitrogen and oxygen atoms in total. The summed E-state index contributed by atoms with van der Waals surface area (Å²) < 4.78 is 26.9. The molecule has 0 aliphatic rings. The summed E-state index contributed by atoms with van der Waals surface area (Å²) in [6.07, 6.45) is 53.5. The van der Waals surface area contributed by atoms with Crippen molar-refractivity contribution >= 4 is 25.7 Å². The van der Waals surface area contributed by atoms with Crippen LogP contribution < -0.4 is 5.32 Å². The Bertz CT molecular complexity index is 1320. The molecule has 0 saturated carbocycles. The van der Waals surface area contributed by atoms with Gasteiger partial charge in [-0.2, -0.15) is 0 Å². The first-order valence-corrected chi connectivity index (χ1v) is 25.5. The molecular formula is C50H86NO10P. The van der Waals surface area contributed by atoms with Gasteiger partial charge in [0.15, 0.2) is 6.04 Å². The molecule has 0 aromatic carbocycles. The lowest BCUT2D eigenvalue weighted by Crippen LogP contribution is -2.43. The molecule has 1 amide bonds. The molecule has 0 aliphatic carbocycles. The highest BCUT2D eigenvalue weighted by molar-refractivity contribution is 7.47. The third kappa shape index (κ3) is 43.6. The number of allylic oxidation sites excluding steroid dienone is 12. The summed E-state index contributed by atoms with van der Waals surface area (Å²) in [7, 11) is -4.77. The van der Waals surface area contributed by atoms with Crippen molar-refractivity contribution in [1.29, 1.82) is 0 Å². The van der Waals surface area contributed by atoms with Crippen molar-refractivity contribution in [2.45, 2.75) is 206 Å². The minimum atomic E-state index is -4.77. The molecule has 0 spiro atoms. The fourth-order valence-corrected chi connectivity index (χ4v) is 7.05.